The molecular weight excluding hydrogens is 322 g/mol. The van der Waals surface area contributed by atoms with E-state index in [0.717, 1.165) is 41.7 Å². The maximum absolute atomic E-state index is 11.4. The average Bonchev–Trinajstić information content (AvgIpc) is 2.88. The molecule has 0 spiro atoms. The number of carbonyl (C=O) groups is 1. The molecule has 1 aliphatic carbocycles. The number of fused-ring (bicyclic) bond motifs is 3. The summed E-state index contributed by atoms with van der Waals surface area (Å²) in [5, 5.41) is 4.62. The van der Waals surface area contributed by atoms with E-state index in [2.05, 4.69) is 22.2 Å². The van der Waals surface area contributed by atoms with Crippen molar-refractivity contribution in [3.05, 3.63) is 16.3 Å². The Morgan fingerprint density at radius 1 is 1.42 bits per heavy atom. The number of rotatable bonds is 6. The van der Waals surface area contributed by atoms with Gasteiger partial charge in [-0.2, -0.15) is 0 Å². The average molecular weight is 347 g/mol. The largest absolute Gasteiger partial charge is 0.466 e. The Bertz CT molecular complexity index is 741. The van der Waals surface area contributed by atoms with Crippen molar-refractivity contribution >= 4 is 33.3 Å². The lowest BCUT2D eigenvalue weighted by Crippen LogP contribution is -2.11. The van der Waals surface area contributed by atoms with Crippen LogP contribution >= 0.6 is 11.3 Å². The fraction of sp³-hybridized carbons (Fsp3) is 0.611. The van der Waals surface area contributed by atoms with E-state index >= 15 is 0 Å². The number of ether oxygens (including phenoxy) is 1. The number of nitrogens with zero attached hydrogens (tertiary/aromatic N) is 2. The van der Waals surface area contributed by atoms with Crippen LogP contribution in [0.5, 0.6) is 0 Å². The molecule has 0 unspecified atom stereocenters. The Hall–Kier alpha value is -1.69. The zero-order valence-corrected chi connectivity index (χ0v) is 15.5. The van der Waals surface area contributed by atoms with Gasteiger partial charge in [0.15, 0.2) is 0 Å². The number of aryl methyl sites for hydroxylation is 2. The van der Waals surface area contributed by atoms with Crippen LogP contribution in [0.1, 0.15) is 49.4 Å². The predicted molar refractivity (Wildman–Crippen MR) is 97.7 cm³/mol. The van der Waals surface area contributed by atoms with Gasteiger partial charge in [0.25, 0.3) is 0 Å². The van der Waals surface area contributed by atoms with Gasteiger partial charge in [0.05, 0.1) is 12.0 Å². The molecule has 2 heterocycles. The SMILES string of the molecule is CCOC(=O)CCCNc1nc(C)nc2sc3c(c12)CC[C@H](C)C3. The molecule has 0 bridgehead atoms. The molecule has 0 radical (unpaired) electrons. The normalized spacial score (nSPS) is 16.9. The van der Waals surface area contributed by atoms with Crippen molar-refractivity contribution in [1.82, 2.24) is 9.97 Å². The van der Waals surface area contributed by atoms with Gasteiger partial charge in [-0.1, -0.05) is 6.92 Å². The number of anilines is 1. The lowest BCUT2D eigenvalue weighted by molar-refractivity contribution is -0.143. The molecule has 6 heteroatoms. The van der Waals surface area contributed by atoms with Crippen molar-refractivity contribution in [3.63, 3.8) is 0 Å². The monoisotopic (exact) mass is 347 g/mol. The van der Waals surface area contributed by atoms with Gasteiger partial charge in [-0.3, -0.25) is 4.79 Å². The van der Waals surface area contributed by atoms with Gasteiger partial charge >= 0.3 is 5.97 Å². The molecule has 0 saturated heterocycles. The van der Waals surface area contributed by atoms with Crippen LogP contribution in [-0.4, -0.2) is 29.1 Å². The highest BCUT2D eigenvalue weighted by Crippen LogP contribution is 2.39. The van der Waals surface area contributed by atoms with Crippen LogP contribution in [0, 0.1) is 12.8 Å². The molecule has 0 aliphatic heterocycles. The van der Waals surface area contributed by atoms with Gasteiger partial charge in [-0.05, 0) is 51.0 Å². The van der Waals surface area contributed by atoms with E-state index < -0.39 is 0 Å². The highest BCUT2D eigenvalue weighted by molar-refractivity contribution is 7.19. The summed E-state index contributed by atoms with van der Waals surface area (Å²) in [4.78, 5) is 23.3. The molecule has 0 aromatic carbocycles. The Labute approximate surface area is 146 Å². The molecule has 1 N–H and O–H groups in total. The minimum atomic E-state index is -0.134. The summed E-state index contributed by atoms with van der Waals surface area (Å²) in [6.45, 7) is 7.24. The minimum Gasteiger partial charge on any atom is -0.466 e. The van der Waals surface area contributed by atoms with Crippen LogP contribution in [-0.2, 0) is 22.4 Å². The first-order chi connectivity index (χ1) is 11.6. The first-order valence-electron chi connectivity index (χ1n) is 8.76. The summed E-state index contributed by atoms with van der Waals surface area (Å²) in [6.07, 6.45) is 4.67. The lowest BCUT2D eigenvalue weighted by atomic mass is 9.89. The third-order valence-corrected chi connectivity index (χ3v) is 5.57. The molecule has 2 aromatic rings. The van der Waals surface area contributed by atoms with E-state index in [-0.39, 0.29) is 5.97 Å². The Morgan fingerprint density at radius 3 is 3.04 bits per heavy atom. The molecule has 130 valence electrons. The van der Waals surface area contributed by atoms with Crippen molar-refractivity contribution in [3.8, 4) is 0 Å². The summed E-state index contributed by atoms with van der Waals surface area (Å²) >= 11 is 1.82. The van der Waals surface area contributed by atoms with E-state index in [4.69, 9.17) is 4.74 Å². The van der Waals surface area contributed by atoms with Crippen LogP contribution in [0.25, 0.3) is 10.2 Å². The zero-order valence-electron chi connectivity index (χ0n) is 14.6. The topological polar surface area (TPSA) is 64.1 Å². The second-order valence-electron chi connectivity index (χ2n) is 6.49. The van der Waals surface area contributed by atoms with Crippen molar-refractivity contribution in [1.29, 1.82) is 0 Å². The minimum absolute atomic E-state index is 0.134. The molecule has 5 nitrogen and oxygen atoms in total. The third kappa shape index (κ3) is 3.69. The van der Waals surface area contributed by atoms with E-state index in [1.807, 2.05) is 25.2 Å². The van der Waals surface area contributed by atoms with Crippen molar-refractivity contribution < 1.29 is 9.53 Å². The van der Waals surface area contributed by atoms with Crippen LogP contribution in [0.15, 0.2) is 0 Å². The van der Waals surface area contributed by atoms with Crippen molar-refractivity contribution in [2.75, 3.05) is 18.5 Å². The number of carbonyl (C=O) groups excluding carboxylic acids is 1. The highest BCUT2D eigenvalue weighted by atomic mass is 32.1. The van der Waals surface area contributed by atoms with Crippen LogP contribution in [0.2, 0.25) is 0 Å². The molecular formula is C18H25N3O2S. The molecule has 1 atom stereocenters. The molecule has 0 amide bonds. The summed E-state index contributed by atoms with van der Waals surface area (Å²) in [6, 6.07) is 0. The predicted octanol–water partition coefficient (Wildman–Crippen LogP) is 3.88. The smallest absolute Gasteiger partial charge is 0.305 e. The Morgan fingerprint density at radius 2 is 2.25 bits per heavy atom. The first kappa shape index (κ1) is 17.1. The van der Waals surface area contributed by atoms with Crippen molar-refractivity contribution in [2.45, 2.75) is 52.9 Å². The highest BCUT2D eigenvalue weighted by Gasteiger charge is 2.23. The molecule has 3 rings (SSSR count). The van der Waals surface area contributed by atoms with E-state index in [1.54, 1.807) is 0 Å². The maximum Gasteiger partial charge on any atom is 0.305 e. The fourth-order valence-corrected chi connectivity index (χ4v) is 4.68. The molecule has 0 fully saturated rings. The first-order valence-corrected chi connectivity index (χ1v) is 9.58. The van der Waals surface area contributed by atoms with Gasteiger partial charge in [0, 0.05) is 17.8 Å². The standard InChI is InChI=1S/C18H25N3O2S/c1-4-23-15(22)6-5-9-19-17-16-13-8-7-11(2)10-14(13)24-18(16)21-12(3)20-17/h11H,4-10H2,1-3H3,(H,19,20,21)/t11-/m0/s1. The maximum atomic E-state index is 11.4. The number of nitrogens with one attached hydrogen (secondary N) is 1. The number of hydrogen-bond donors (Lipinski definition) is 1. The molecule has 24 heavy (non-hydrogen) atoms. The molecule has 1 aliphatic rings. The summed E-state index contributed by atoms with van der Waals surface area (Å²) in [5.41, 5.74) is 1.43. The van der Waals surface area contributed by atoms with E-state index in [1.165, 1.54) is 22.2 Å². The Balaban J connectivity index is 1.76. The number of thiophene rings is 1. The van der Waals surface area contributed by atoms with Gasteiger partial charge in [0.2, 0.25) is 0 Å². The third-order valence-electron chi connectivity index (χ3n) is 4.42. The summed E-state index contributed by atoms with van der Waals surface area (Å²) in [7, 11) is 0. The van der Waals surface area contributed by atoms with Crippen LogP contribution in [0.3, 0.4) is 0 Å². The van der Waals surface area contributed by atoms with Gasteiger partial charge in [-0.15, -0.1) is 11.3 Å². The lowest BCUT2D eigenvalue weighted by Gasteiger charge is -2.18. The quantitative estimate of drug-likeness (QED) is 0.634. The zero-order chi connectivity index (χ0) is 17.1. The van der Waals surface area contributed by atoms with Gasteiger partial charge < -0.3 is 10.1 Å². The van der Waals surface area contributed by atoms with Crippen LogP contribution in [0.4, 0.5) is 5.82 Å². The summed E-state index contributed by atoms with van der Waals surface area (Å²) < 4.78 is 4.96. The fourth-order valence-electron chi connectivity index (χ4n) is 3.25. The van der Waals surface area contributed by atoms with E-state index in [9.17, 15) is 4.79 Å². The number of esters is 1. The number of hydrogen-bond acceptors (Lipinski definition) is 6. The number of aromatic nitrogens is 2. The van der Waals surface area contributed by atoms with Crippen LogP contribution < -0.4 is 5.32 Å². The molecule has 0 saturated carbocycles. The summed E-state index contributed by atoms with van der Waals surface area (Å²) in [5.74, 6) is 2.33. The molecule has 2 aromatic heterocycles. The Kier molecular flexibility index (Phi) is 5.33. The van der Waals surface area contributed by atoms with Gasteiger partial charge in [-0.25, -0.2) is 9.97 Å². The second kappa shape index (κ2) is 7.47. The van der Waals surface area contributed by atoms with Gasteiger partial charge in [0.1, 0.15) is 16.5 Å². The van der Waals surface area contributed by atoms with E-state index in [0.29, 0.717) is 19.6 Å². The second-order valence-corrected chi connectivity index (χ2v) is 7.57. The van der Waals surface area contributed by atoms with Crippen molar-refractivity contribution in [2.24, 2.45) is 5.92 Å².